The Bertz CT molecular complexity index is 1280. The lowest BCUT2D eigenvalue weighted by molar-refractivity contribution is -0.169. The second-order valence-corrected chi connectivity index (χ2v) is 9.02. The first-order valence-electron chi connectivity index (χ1n) is 11.2. The molecule has 1 aliphatic rings. The predicted octanol–water partition coefficient (Wildman–Crippen LogP) is 6.00. The number of amides is 2. The standard InChI is InChI=1S/C25H21Cl2F3N4O3/c26-15-5-7-18(21(13-15)37-17-9-11-31-12-10-17)23(35)33-19-3-1-2-4-20(19)34(24(36)25(28,29)30)22-8-6-16(27)14-32-22/h1-8,13-14,17,31H,9-12H2,(H,33,35). The zero-order valence-corrected chi connectivity index (χ0v) is 20.7. The maximum atomic E-state index is 13.6. The van der Waals surface area contributed by atoms with Crippen molar-refractivity contribution < 1.29 is 27.5 Å². The van der Waals surface area contributed by atoms with Gasteiger partial charge in [-0.05, 0) is 68.4 Å². The monoisotopic (exact) mass is 552 g/mol. The van der Waals surface area contributed by atoms with Crippen molar-refractivity contribution in [2.24, 2.45) is 0 Å². The van der Waals surface area contributed by atoms with Crippen LogP contribution in [0, 0.1) is 0 Å². The summed E-state index contributed by atoms with van der Waals surface area (Å²) < 4.78 is 46.7. The largest absolute Gasteiger partial charge is 0.489 e. The Morgan fingerprint density at radius 2 is 1.73 bits per heavy atom. The van der Waals surface area contributed by atoms with Crippen molar-refractivity contribution in [3.63, 3.8) is 0 Å². The molecule has 0 unspecified atom stereocenters. The van der Waals surface area contributed by atoms with E-state index in [1.807, 2.05) is 0 Å². The lowest BCUT2D eigenvalue weighted by Gasteiger charge is -2.26. The van der Waals surface area contributed by atoms with Crippen LogP contribution in [0.15, 0.2) is 60.8 Å². The van der Waals surface area contributed by atoms with Gasteiger partial charge in [-0.15, -0.1) is 0 Å². The van der Waals surface area contributed by atoms with E-state index in [1.165, 1.54) is 54.6 Å². The van der Waals surface area contributed by atoms with Gasteiger partial charge in [0, 0.05) is 11.2 Å². The minimum atomic E-state index is -5.22. The summed E-state index contributed by atoms with van der Waals surface area (Å²) in [7, 11) is 0. The lowest BCUT2D eigenvalue weighted by Crippen LogP contribution is -2.39. The van der Waals surface area contributed by atoms with Crippen LogP contribution >= 0.6 is 23.2 Å². The van der Waals surface area contributed by atoms with Crippen LogP contribution < -0.4 is 20.3 Å². The number of benzene rings is 2. The highest BCUT2D eigenvalue weighted by Crippen LogP contribution is 2.36. The quantitative estimate of drug-likeness (QED) is 0.392. The maximum Gasteiger partial charge on any atom is 0.472 e. The molecule has 2 N–H and O–H groups in total. The second kappa shape index (κ2) is 11.4. The third kappa shape index (κ3) is 6.51. The number of hydrogen-bond donors (Lipinski definition) is 2. The van der Waals surface area contributed by atoms with Crippen molar-refractivity contribution in [1.29, 1.82) is 0 Å². The van der Waals surface area contributed by atoms with Gasteiger partial charge in [0.25, 0.3) is 5.91 Å². The summed E-state index contributed by atoms with van der Waals surface area (Å²) in [4.78, 5) is 30.0. The summed E-state index contributed by atoms with van der Waals surface area (Å²) >= 11 is 12.0. The van der Waals surface area contributed by atoms with Crippen LogP contribution in [0.25, 0.3) is 0 Å². The van der Waals surface area contributed by atoms with Crippen molar-refractivity contribution in [2.75, 3.05) is 23.3 Å². The number of nitrogens with zero attached hydrogens (tertiary/aromatic N) is 2. The fraction of sp³-hybridized carbons (Fsp3) is 0.240. The molecule has 0 radical (unpaired) electrons. The number of halogens is 5. The van der Waals surface area contributed by atoms with Crippen LogP contribution in [0.4, 0.5) is 30.4 Å². The number of hydrogen-bond acceptors (Lipinski definition) is 5. The Balaban J connectivity index is 1.69. The minimum Gasteiger partial charge on any atom is -0.489 e. The van der Waals surface area contributed by atoms with Crippen LogP contribution in [-0.4, -0.2) is 42.2 Å². The van der Waals surface area contributed by atoms with E-state index in [-0.39, 0.29) is 39.6 Å². The molecule has 0 saturated carbocycles. The fourth-order valence-electron chi connectivity index (χ4n) is 3.80. The summed E-state index contributed by atoms with van der Waals surface area (Å²) in [6.45, 7) is 1.53. The van der Waals surface area contributed by atoms with Crippen LogP contribution in [-0.2, 0) is 4.79 Å². The third-order valence-electron chi connectivity index (χ3n) is 5.55. The van der Waals surface area contributed by atoms with Crippen molar-refractivity contribution in [3.8, 4) is 5.75 Å². The van der Waals surface area contributed by atoms with E-state index in [9.17, 15) is 22.8 Å². The molecule has 37 heavy (non-hydrogen) atoms. The molecule has 0 atom stereocenters. The molecule has 0 bridgehead atoms. The van der Waals surface area contributed by atoms with Crippen molar-refractivity contribution in [3.05, 3.63) is 76.4 Å². The number of para-hydroxylation sites is 2. The van der Waals surface area contributed by atoms with Crippen LogP contribution in [0.3, 0.4) is 0 Å². The molecule has 2 heterocycles. The number of ether oxygens (including phenoxy) is 1. The van der Waals surface area contributed by atoms with Crippen LogP contribution in [0.1, 0.15) is 23.2 Å². The normalized spacial score (nSPS) is 14.2. The zero-order valence-electron chi connectivity index (χ0n) is 19.2. The summed E-state index contributed by atoms with van der Waals surface area (Å²) in [6, 6.07) is 12.6. The molecule has 194 valence electrons. The number of pyridine rings is 1. The highest BCUT2D eigenvalue weighted by molar-refractivity contribution is 6.31. The molecule has 2 aromatic carbocycles. The number of rotatable bonds is 6. The van der Waals surface area contributed by atoms with Gasteiger partial charge in [0.15, 0.2) is 0 Å². The molecule has 0 spiro atoms. The van der Waals surface area contributed by atoms with Gasteiger partial charge in [-0.3, -0.25) is 14.5 Å². The van der Waals surface area contributed by atoms with Gasteiger partial charge in [-0.1, -0.05) is 35.3 Å². The van der Waals surface area contributed by atoms with Gasteiger partial charge >= 0.3 is 12.1 Å². The number of alkyl halides is 3. The number of carbonyl (C=O) groups excluding carboxylic acids is 2. The van der Waals surface area contributed by atoms with E-state index >= 15 is 0 Å². The Labute approximate surface area is 220 Å². The highest BCUT2D eigenvalue weighted by Gasteiger charge is 2.44. The minimum absolute atomic E-state index is 0.0513. The molecular formula is C25H21Cl2F3N4O3. The Morgan fingerprint density at radius 1 is 1.03 bits per heavy atom. The summed E-state index contributed by atoms with van der Waals surface area (Å²) in [5, 5.41) is 6.36. The topological polar surface area (TPSA) is 83.6 Å². The van der Waals surface area contributed by atoms with Crippen molar-refractivity contribution in [1.82, 2.24) is 10.3 Å². The zero-order chi connectivity index (χ0) is 26.6. The van der Waals surface area contributed by atoms with E-state index in [4.69, 9.17) is 27.9 Å². The van der Waals surface area contributed by atoms with Gasteiger partial charge in [0.05, 0.1) is 22.0 Å². The summed E-state index contributed by atoms with van der Waals surface area (Å²) in [5.41, 5.74) is -0.150. The molecule has 2 amide bonds. The van der Waals surface area contributed by atoms with Gasteiger partial charge in [-0.25, -0.2) is 4.98 Å². The Kier molecular flexibility index (Phi) is 8.21. The molecule has 0 aliphatic carbocycles. The van der Waals surface area contributed by atoms with E-state index < -0.39 is 18.0 Å². The van der Waals surface area contributed by atoms with Crippen LogP contribution in [0.2, 0.25) is 10.0 Å². The first-order chi connectivity index (χ1) is 17.6. The summed E-state index contributed by atoms with van der Waals surface area (Å²) in [6.07, 6.45) is -2.76. The molecule has 1 fully saturated rings. The molecule has 1 aromatic heterocycles. The number of nitrogens with one attached hydrogen (secondary N) is 2. The van der Waals surface area contributed by atoms with E-state index in [0.29, 0.717) is 9.92 Å². The maximum absolute atomic E-state index is 13.6. The Hall–Kier alpha value is -3.34. The molecule has 4 rings (SSSR count). The highest BCUT2D eigenvalue weighted by atomic mass is 35.5. The molecule has 1 aliphatic heterocycles. The molecular weight excluding hydrogens is 532 g/mol. The third-order valence-corrected chi connectivity index (χ3v) is 6.01. The average Bonchev–Trinajstić information content (AvgIpc) is 2.86. The number of piperidine rings is 1. The molecule has 7 nitrogen and oxygen atoms in total. The predicted molar refractivity (Wildman–Crippen MR) is 135 cm³/mol. The van der Waals surface area contributed by atoms with Gasteiger partial charge in [0.2, 0.25) is 0 Å². The molecule has 3 aromatic rings. The number of anilines is 3. The van der Waals surface area contributed by atoms with Gasteiger partial charge in [0.1, 0.15) is 17.7 Å². The second-order valence-electron chi connectivity index (χ2n) is 8.15. The summed E-state index contributed by atoms with van der Waals surface area (Å²) in [5.74, 6) is -2.92. The van der Waals surface area contributed by atoms with Crippen molar-refractivity contribution in [2.45, 2.75) is 25.1 Å². The molecule has 1 saturated heterocycles. The smallest absolute Gasteiger partial charge is 0.472 e. The van der Waals surface area contributed by atoms with E-state index in [1.54, 1.807) is 0 Å². The lowest BCUT2D eigenvalue weighted by atomic mass is 10.1. The first-order valence-corrected chi connectivity index (χ1v) is 12.0. The Morgan fingerprint density at radius 3 is 2.41 bits per heavy atom. The molecule has 12 heteroatoms. The number of carbonyl (C=O) groups is 2. The number of aromatic nitrogens is 1. The van der Waals surface area contributed by atoms with E-state index in [0.717, 1.165) is 32.1 Å². The SMILES string of the molecule is O=C(Nc1ccccc1N(C(=O)C(F)(F)F)c1ccc(Cl)cn1)c1ccc(Cl)cc1OC1CCNCC1. The van der Waals surface area contributed by atoms with Gasteiger partial charge in [-0.2, -0.15) is 13.2 Å². The average molecular weight is 553 g/mol. The van der Waals surface area contributed by atoms with Gasteiger partial charge < -0.3 is 15.4 Å². The van der Waals surface area contributed by atoms with E-state index in [2.05, 4.69) is 15.6 Å². The first kappa shape index (κ1) is 26.7. The fourth-order valence-corrected chi connectivity index (χ4v) is 4.08. The van der Waals surface area contributed by atoms with Crippen molar-refractivity contribution >= 4 is 52.2 Å². The van der Waals surface area contributed by atoms with Crippen LogP contribution in [0.5, 0.6) is 5.75 Å².